The van der Waals surface area contributed by atoms with E-state index in [9.17, 15) is 13.0 Å². The van der Waals surface area contributed by atoms with Crippen molar-refractivity contribution in [2.24, 2.45) is 11.3 Å². The van der Waals surface area contributed by atoms with Crippen molar-refractivity contribution in [3.63, 3.8) is 0 Å². The molecular weight excluding hydrogens is 625 g/mol. The number of rotatable bonds is 6. The first kappa shape index (κ1) is 34.7. The molecule has 4 atom stereocenters. The molecule has 0 fully saturated rings. The molecule has 0 spiro atoms. The van der Waals surface area contributed by atoms with Crippen molar-refractivity contribution < 1.29 is 22.3 Å². The Morgan fingerprint density at radius 2 is 1.64 bits per heavy atom. The zero-order chi connectivity index (χ0) is 31.6. The summed E-state index contributed by atoms with van der Waals surface area (Å²) in [5.74, 6) is 1.87. The first-order valence-corrected chi connectivity index (χ1v) is 16.9. The first-order valence-electron chi connectivity index (χ1n) is 14.8. The molecule has 0 saturated heterocycles. The Morgan fingerprint density at radius 3 is 2.29 bits per heavy atom. The summed E-state index contributed by atoms with van der Waals surface area (Å²) in [6.45, 7) is 11.6. The van der Waals surface area contributed by atoms with Gasteiger partial charge in [0.25, 0.3) is 0 Å². The smallest absolute Gasteiger partial charge is 0.343 e. The van der Waals surface area contributed by atoms with Gasteiger partial charge in [0.15, 0.2) is 18.7 Å². The minimum absolute atomic E-state index is 0. The van der Waals surface area contributed by atoms with E-state index in [4.69, 9.17) is 27.9 Å². The maximum Gasteiger partial charge on any atom is 0.343 e. The largest absolute Gasteiger partial charge is 0.744 e. The summed E-state index contributed by atoms with van der Waals surface area (Å²) >= 11 is 12.7. The number of hydrogen-bond acceptors (Lipinski definition) is 4. The van der Waals surface area contributed by atoms with E-state index in [-0.39, 0.29) is 29.7 Å². The molecule has 4 aromatic rings. The van der Waals surface area contributed by atoms with Crippen LogP contribution in [0.5, 0.6) is 0 Å². The van der Waals surface area contributed by atoms with Gasteiger partial charge < -0.3 is 9.29 Å². The second kappa shape index (κ2) is 14.1. The molecule has 4 aromatic carbocycles. The minimum Gasteiger partial charge on any atom is -0.744 e. The van der Waals surface area contributed by atoms with Crippen molar-refractivity contribution in [2.45, 2.75) is 63.9 Å². The van der Waals surface area contributed by atoms with Crippen LogP contribution in [0.4, 0.5) is 0 Å². The summed E-state index contributed by atoms with van der Waals surface area (Å²) in [5.41, 5.74) is 2.44. The normalized spacial score (nSPS) is 22.6. The standard InChI is InChI=1S/C26H30Cl2NO.C10H8O3S.CH4/c1-5-13-26(4)15-22(19-7-6-8-21(28)14-19)24(18-9-11-20(27)12-10-18)29-23(17(2)3)16-30-25(26)29;11-14(12,13)10-7-3-5-8-4-1-2-6-9(8)10;/h5-12,14,17,22-24H,1,13,15-16H2,2-4H3;1-7H,(H,11,12,13);1H4/q+1;;/p-1/t22-,23-,24?,26+;;/m1../s1. The molecule has 6 rings (SSSR count). The molecule has 0 bridgehead atoms. The molecule has 0 radical (unpaired) electrons. The van der Waals surface area contributed by atoms with Gasteiger partial charge in [-0.05, 0) is 66.4 Å². The van der Waals surface area contributed by atoms with E-state index in [2.05, 4.69) is 62.3 Å². The lowest BCUT2D eigenvalue weighted by atomic mass is 9.69. The summed E-state index contributed by atoms with van der Waals surface area (Å²) in [7, 11) is -4.38. The topological polar surface area (TPSA) is 69.4 Å². The number of halogens is 2. The molecule has 0 saturated carbocycles. The molecular formula is C37H41Cl2NO4S. The molecule has 8 heteroatoms. The molecule has 0 amide bonds. The van der Waals surface area contributed by atoms with Crippen LogP contribution >= 0.6 is 23.2 Å². The molecule has 2 aliphatic rings. The fraction of sp³-hybridized carbons (Fsp3) is 0.324. The zero-order valence-corrected chi connectivity index (χ0v) is 27.4. The summed E-state index contributed by atoms with van der Waals surface area (Å²) in [6, 6.07) is 28.7. The average molecular weight is 667 g/mol. The van der Waals surface area contributed by atoms with Gasteiger partial charge in [0.2, 0.25) is 0 Å². The van der Waals surface area contributed by atoms with Gasteiger partial charge in [-0.1, -0.05) is 111 Å². The van der Waals surface area contributed by atoms with E-state index < -0.39 is 10.1 Å². The van der Waals surface area contributed by atoms with Crippen LogP contribution in [-0.2, 0) is 14.9 Å². The maximum atomic E-state index is 10.9. The van der Waals surface area contributed by atoms with Crippen molar-refractivity contribution in [1.82, 2.24) is 0 Å². The van der Waals surface area contributed by atoms with Crippen molar-refractivity contribution in [2.75, 3.05) is 6.61 Å². The molecule has 5 nitrogen and oxygen atoms in total. The van der Waals surface area contributed by atoms with E-state index in [1.165, 1.54) is 17.2 Å². The Hall–Kier alpha value is -3.16. The van der Waals surface area contributed by atoms with Crippen LogP contribution < -0.4 is 0 Å². The monoisotopic (exact) mass is 665 g/mol. The Balaban J connectivity index is 0.000000258. The predicted octanol–water partition coefficient (Wildman–Crippen LogP) is 9.65. The lowest BCUT2D eigenvalue weighted by Crippen LogP contribution is -2.46. The zero-order valence-electron chi connectivity index (χ0n) is 25.1. The lowest BCUT2D eigenvalue weighted by molar-refractivity contribution is -0.616. The van der Waals surface area contributed by atoms with Crippen molar-refractivity contribution in [1.29, 1.82) is 0 Å². The van der Waals surface area contributed by atoms with Gasteiger partial charge in [0, 0.05) is 21.5 Å². The summed E-state index contributed by atoms with van der Waals surface area (Å²) in [5, 5.41) is 2.77. The Labute approximate surface area is 277 Å². The highest BCUT2D eigenvalue weighted by molar-refractivity contribution is 7.86. The van der Waals surface area contributed by atoms with E-state index in [1.807, 2.05) is 24.3 Å². The highest BCUT2D eigenvalue weighted by Gasteiger charge is 2.57. The fourth-order valence-corrected chi connectivity index (χ4v) is 7.70. The van der Waals surface area contributed by atoms with E-state index in [0.717, 1.165) is 40.8 Å². The first-order chi connectivity index (χ1) is 20.9. The van der Waals surface area contributed by atoms with Crippen LogP contribution in [0.2, 0.25) is 10.0 Å². The summed E-state index contributed by atoms with van der Waals surface area (Å²) in [4.78, 5) is -0.157. The molecule has 0 aromatic heterocycles. The van der Waals surface area contributed by atoms with Gasteiger partial charge in [0.05, 0.1) is 16.2 Å². The molecule has 0 aliphatic carbocycles. The molecule has 1 unspecified atom stereocenters. The molecule has 2 heterocycles. The number of allylic oxidation sites excluding steroid dienone is 1. The molecule has 0 N–H and O–H groups in total. The van der Waals surface area contributed by atoms with Crippen LogP contribution in [0.15, 0.2) is 109 Å². The van der Waals surface area contributed by atoms with Crippen molar-refractivity contribution >= 4 is 50.0 Å². The quantitative estimate of drug-likeness (QED) is 0.117. The van der Waals surface area contributed by atoms with Gasteiger partial charge in [0.1, 0.15) is 10.1 Å². The van der Waals surface area contributed by atoms with Gasteiger partial charge in [-0.3, -0.25) is 0 Å². The van der Waals surface area contributed by atoms with Gasteiger partial charge in [-0.15, -0.1) is 6.58 Å². The van der Waals surface area contributed by atoms with Crippen molar-refractivity contribution in [3.05, 3.63) is 125 Å². The average Bonchev–Trinajstić information content (AvgIpc) is 3.44. The highest BCUT2D eigenvalue weighted by atomic mass is 35.5. The number of nitrogens with zero attached hydrogens (tertiary/aromatic N) is 1. The van der Waals surface area contributed by atoms with Crippen LogP contribution in [0, 0.1) is 11.3 Å². The second-order valence-corrected chi connectivity index (χ2v) is 14.4. The van der Waals surface area contributed by atoms with Gasteiger partial charge >= 0.3 is 5.90 Å². The van der Waals surface area contributed by atoms with Crippen LogP contribution in [-0.4, -0.2) is 36.1 Å². The van der Waals surface area contributed by atoms with Crippen LogP contribution in [0.25, 0.3) is 10.8 Å². The minimum atomic E-state index is -4.38. The fourth-order valence-electron chi connectivity index (χ4n) is 6.67. The van der Waals surface area contributed by atoms with Crippen molar-refractivity contribution in [3.8, 4) is 0 Å². The van der Waals surface area contributed by atoms with Crippen LogP contribution in [0.3, 0.4) is 0 Å². The van der Waals surface area contributed by atoms with E-state index >= 15 is 0 Å². The maximum absolute atomic E-state index is 10.9. The number of hydrogen-bond donors (Lipinski definition) is 0. The molecule has 238 valence electrons. The Morgan fingerprint density at radius 1 is 0.978 bits per heavy atom. The second-order valence-electron chi connectivity index (χ2n) is 12.2. The van der Waals surface area contributed by atoms with Crippen LogP contribution in [0.1, 0.15) is 64.1 Å². The van der Waals surface area contributed by atoms with Gasteiger partial charge in [-0.2, -0.15) is 4.58 Å². The molecule has 45 heavy (non-hydrogen) atoms. The third-order valence-corrected chi connectivity index (χ3v) is 10.1. The van der Waals surface area contributed by atoms with E-state index in [1.54, 1.807) is 36.4 Å². The number of fused-ring (bicyclic) bond motifs is 1. The molecule has 2 aliphatic heterocycles. The highest BCUT2D eigenvalue weighted by Crippen LogP contribution is 2.51. The lowest BCUT2D eigenvalue weighted by Gasteiger charge is -2.39. The SMILES string of the molecule is C.C=CC[C@@]1(C)C[C@H](c2cccc(Cl)c2)C(c2ccc(Cl)cc2)[N+]2=C1OC[C@@H]2C(C)C.O=S(=O)([O-])c1cccc2ccccc12. The Bertz CT molecular complexity index is 1800. The van der Waals surface area contributed by atoms with E-state index in [0.29, 0.717) is 17.3 Å². The third-order valence-electron chi connectivity index (χ3n) is 8.72. The third kappa shape index (κ3) is 7.30. The Kier molecular flexibility index (Phi) is 10.9. The predicted molar refractivity (Wildman–Crippen MR) is 184 cm³/mol. The summed E-state index contributed by atoms with van der Waals surface area (Å²) in [6.07, 6.45) is 3.88. The number of benzene rings is 4. The number of ether oxygens (including phenoxy) is 1. The summed E-state index contributed by atoms with van der Waals surface area (Å²) < 4.78 is 41.7. The van der Waals surface area contributed by atoms with Gasteiger partial charge in [-0.25, -0.2) is 8.42 Å².